The van der Waals surface area contributed by atoms with E-state index >= 15 is 0 Å². The van der Waals surface area contributed by atoms with Gasteiger partial charge in [-0.3, -0.25) is 0 Å². The molecular weight excluding hydrogens is 287 g/mol. The number of aliphatic hydroxyl groups excluding tert-OH is 1. The van der Waals surface area contributed by atoms with Crippen LogP contribution in [0.15, 0.2) is 30.6 Å². The van der Waals surface area contributed by atoms with E-state index in [1.54, 1.807) is 18.3 Å². The fourth-order valence-electron chi connectivity index (χ4n) is 2.47. The van der Waals surface area contributed by atoms with Crippen LogP contribution in [0.2, 0.25) is 0 Å². The summed E-state index contributed by atoms with van der Waals surface area (Å²) in [6.07, 6.45) is 2.79. The molecule has 0 saturated carbocycles. The summed E-state index contributed by atoms with van der Waals surface area (Å²) in [6, 6.07) is 4.82. The van der Waals surface area contributed by atoms with Crippen molar-refractivity contribution in [2.45, 2.75) is 6.61 Å². The van der Waals surface area contributed by atoms with Crippen molar-refractivity contribution in [2.75, 3.05) is 5.73 Å². The number of pyridine rings is 1. The van der Waals surface area contributed by atoms with Gasteiger partial charge in [0.1, 0.15) is 17.0 Å². The number of aliphatic hydroxyl groups is 1. The summed E-state index contributed by atoms with van der Waals surface area (Å²) in [7, 11) is 0. The van der Waals surface area contributed by atoms with E-state index in [9.17, 15) is 9.50 Å². The first kappa shape index (κ1) is 12.7. The van der Waals surface area contributed by atoms with E-state index in [0.29, 0.717) is 33.6 Å². The van der Waals surface area contributed by atoms with E-state index in [4.69, 9.17) is 5.73 Å². The lowest BCUT2D eigenvalue weighted by molar-refractivity contribution is 0.274. The van der Waals surface area contributed by atoms with Gasteiger partial charge in [-0.15, -0.1) is 5.10 Å². The van der Waals surface area contributed by atoms with Crippen molar-refractivity contribution < 1.29 is 9.50 Å². The van der Waals surface area contributed by atoms with Crippen LogP contribution in [0.3, 0.4) is 0 Å². The molecule has 110 valence electrons. The van der Waals surface area contributed by atoms with Gasteiger partial charge >= 0.3 is 0 Å². The number of anilines is 1. The maximum atomic E-state index is 13.4. The summed E-state index contributed by atoms with van der Waals surface area (Å²) in [6.45, 7) is -0.172. The minimum Gasteiger partial charge on any atom is -0.390 e. The number of aromatic amines is 1. The van der Waals surface area contributed by atoms with Crippen LogP contribution in [-0.4, -0.2) is 29.7 Å². The molecule has 4 aromatic rings. The number of nitrogen functional groups attached to an aromatic ring is 1. The Kier molecular flexibility index (Phi) is 2.60. The van der Waals surface area contributed by atoms with Gasteiger partial charge in [-0.2, -0.15) is 0 Å². The number of fused-ring (bicyclic) bond motifs is 2. The van der Waals surface area contributed by atoms with Crippen molar-refractivity contribution >= 4 is 22.4 Å². The number of nitrogens with two attached hydrogens (primary N) is 1. The molecule has 0 bridgehead atoms. The predicted molar refractivity (Wildman–Crippen MR) is 78.4 cm³/mol. The molecule has 0 fully saturated rings. The zero-order valence-electron chi connectivity index (χ0n) is 11.3. The second-order valence-corrected chi connectivity index (χ2v) is 4.85. The number of H-pyrrole nitrogens is 1. The average Bonchev–Trinajstić information content (AvgIpc) is 3.10. The number of nitrogens with one attached hydrogen (secondary N) is 1. The number of halogens is 1. The molecule has 0 aliphatic carbocycles. The maximum Gasteiger partial charge on any atom is 0.184 e. The molecule has 0 atom stereocenters. The van der Waals surface area contributed by atoms with E-state index < -0.39 is 5.82 Å². The zero-order chi connectivity index (χ0) is 15.3. The lowest BCUT2D eigenvalue weighted by atomic mass is 10.2. The van der Waals surface area contributed by atoms with E-state index in [0.717, 1.165) is 6.20 Å². The molecule has 7 nitrogen and oxygen atoms in total. The Hall–Kier alpha value is -3.00. The van der Waals surface area contributed by atoms with E-state index in [1.165, 1.54) is 10.6 Å². The van der Waals surface area contributed by atoms with Gasteiger partial charge in [-0.25, -0.2) is 18.9 Å². The maximum absolute atomic E-state index is 13.4. The average molecular weight is 298 g/mol. The highest BCUT2D eigenvalue weighted by atomic mass is 19.1. The van der Waals surface area contributed by atoms with Gasteiger partial charge in [0, 0.05) is 17.1 Å². The molecule has 0 amide bonds. The summed E-state index contributed by atoms with van der Waals surface area (Å²) in [5.74, 6) is 0.164. The first-order valence-electron chi connectivity index (χ1n) is 6.55. The molecule has 22 heavy (non-hydrogen) atoms. The summed E-state index contributed by atoms with van der Waals surface area (Å²) < 4.78 is 15.0. The fourth-order valence-corrected chi connectivity index (χ4v) is 2.47. The SMILES string of the molecule is Nc1nc(-c2c[nH]c3ncc(F)cc23)nn2c(CO)ccc12. The van der Waals surface area contributed by atoms with Crippen LogP contribution in [-0.2, 0) is 6.61 Å². The highest BCUT2D eigenvalue weighted by Gasteiger charge is 2.14. The van der Waals surface area contributed by atoms with Gasteiger partial charge in [-0.05, 0) is 18.2 Å². The van der Waals surface area contributed by atoms with E-state index in [-0.39, 0.29) is 12.4 Å². The van der Waals surface area contributed by atoms with Crippen molar-refractivity contribution in [3.05, 3.63) is 42.1 Å². The van der Waals surface area contributed by atoms with Crippen LogP contribution in [0, 0.1) is 5.82 Å². The molecule has 4 heterocycles. The number of hydrogen-bond donors (Lipinski definition) is 3. The standard InChI is InChI=1S/C14H11FN6O/c15-7-3-9-10(5-18-13(9)17-4-7)14-19-12(16)11-2-1-8(6-22)21(11)20-14/h1-5,22H,6H2,(H,17,18)(H2,16,19,20). The second-order valence-electron chi connectivity index (χ2n) is 4.85. The molecule has 0 aliphatic rings. The lowest BCUT2D eigenvalue weighted by Crippen LogP contribution is -2.05. The van der Waals surface area contributed by atoms with Crippen molar-refractivity contribution in [3.8, 4) is 11.4 Å². The Labute approximate surface area is 123 Å². The van der Waals surface area contributed by atoms with Gasteiger partial charge in [-0.1, -0.05) is 0 Å². The van der Waals surface area contributed by atoms with Gasteiger partial charge in [0.05, 0.1) is 18.5 Å². The van der Waals surface area contributed by atoms with Crippen LogP contribution in [0.5, 0.6) is 0 Å². The Morgan fingerprint density at radius 3 is 3.05 bits per heavy atom. The predicted octanol–water partition coefficient (Wildman–Crippen LogP) is 1.49. The second kappa shape index (κ2) is 4.50. The topological polar surface area (TPSA) is 105 Å². The number of hydrogen-bond acceptors (Lipinski definition) is 5. The van der Waals surface area contributed by atoms with Gasteiger partial charge in [0.15, 0.2) is 11.6 Å². The first-order chi connectivity index (χ1) is 10.7. The summed E-state index contributed by atoms with van der Waals surface area (Å²) in [5.41, 5.74) is 8.28. The van der Waals surface area contributed by atoms with E-state index in [1.807, 2.05) is 0 Å². The van der Waals surface area contributed by atoms with Crippen LogP contribution in [0.25, 0.3) is 27.9 Å². The van der Waals surface area contributed by atoms with Gasteiger partial charge < -0.3 is 15.8 Å². The molecule has 0 spiro atoms. The number of nitrogens with zero attached hydrogens (tertiary/aromatic N) is 4. The molecule has 0 aliphatic heterocycles. The first-order valence-corrected chi connectivity index (χ1v) is 6.55. The van der Waals surface area contributed by atoms with Crippen molar-refractivity contribution in [2.24, 2.45) is 0 Å². The summed E-state index contributed by atoms with van der Waals surface area (Å²) in [4.78, 5) is 11.2. The largest absolute Gasteiger partial charge is 0.390 e. The number of aromatic nitrogens is 5. The van der Waals surface area contributed by atoms with Crippen molar-refractivity contribution in [1.29, 1.82) is 0 Å². The quantitative estimate of drug-likeness (QED) is 0.520. The lowest BCUT2D eigenvalue weighted by Gasteiger charge is -2.05. The molecule has 4 N–H and O–H groups in total. The highest BCUT2D eigenvalue weighted by molar-refractivity contribution is 5.91. The van der Waals surface area contributed by atoms with Crippen LogP contribution in [0.1, 0.15) is 5.69 Å². The van der Waals surface area contributed by atoms with Crippen molar-refractivity contribution in [3.63, 3.8) is 0 Å². The molecule has 4 aromatic heterocycles. The number of rotatable bonds is 2. The normalized spacial score (nSPS) is 11.5. The molecular formula is C14H11FN6O. The summed E-state index contributed by atoms with van der Waals surface area (Å²) in [5, 5.41) is 14.3. The molecule has 0 radical (unpaired) electrons. The van der Waals surface area contributed by atoms with Gasteiger partial charge in [0.25, 0.3) is 0 Å². The van der Waals surface area contributed by atoms with Crippen molar-refractivity contribution in [1.82, 2.24) is 24.6 Å². The van der Waals surface area contributed by atoms with Crippen LogP contribution in [0.4, 0.5) is 10.2 Å². The molecule has 4 rings (SSSR count). The highest BCUT2D eigenvalue weighted by Crippen LogP contribution is 2.27. The Bertz CT molecular complexity index is 1010. The Morgan fingerprint density at radius 1 is 1.36 bits per heavy atom. The molecule has 0 saturated heterocycles. The minimum atomic E-state index is -0.445. The van der Waals surface area contributed by atoms with Crippen LogP contribution >= 0.6 is 0 Å². The minimum absolute atomic E-state index is 0.172. The monoisotopic (exact) mass is 298 g/mol. The third kappa shape index (κ3) is 1.74. The Morgan fingerprint density at radius 2 is 2.23 bits per heavy atom. The Balaban J connectivity index is 2.01. The zero-order valence-corrected chi connectivity index (χ0v) is 11.3. The van der Waals surface area contributed by atoms with E-state index in [2.05, 4.69) is 20.1 Å². The third-order valence-electron chi connectivity index (χ3n) is 3.52. The molecule has 0 aromatic carbocycles. The fraction of sp³-hybridized carbons (Fsp3) is 0.0714. The molecule has 0 unspecified atom stereocenters. The van der Waals surface area contributed by atoms with Gasteiger partial charge in [0.2, 0.25) is 0 Å². The molecule has 8 heteroatoms. The third-order valence-corrected chi connectivity index (χ3v) is 3.52. The summed E-state index contributed by atoms with van der Waals surface area (Å²) >= 11 is 0. The van der Waals surface area contributed by atoms with Crippen LogP contribution < -0.4 is 5.73 Å². The smallest absolute Gasteiger partial charge is 0.184 e.